The minimum absolute atomic E-state index is 0.247. The molecule has 0 atom stereocenters. The van der Waals surface area contributed by atoms with Crippen LogP contribution in [-0.2, 0) is 4.79 Å². The van der Waals surface area contributed by atoms with Gasteiger partial charge in [-0.2, -0.15) is 0 Å². The van der Waals surface area contributed by atoms with Crippen molar-refractivity contribution < 1.29 is 4.79 Å². The highest BCUT2D eigenvalue weighted by Crippen LogP contribution is 2.24. The van der Waals surface area contributed by atoms with Gasteiger partial charge in [0, 0.05) is 25.0 Å². The molecule has 0 aromatic rings. The van der Waals surface area contributed by atoms with E-state index >= 15 is 0 Å². The first-order valence-electron chi connectivity index (χ1n) is 6.23. The smallest absolute Gasteiger partial charge is 0.225 e. The van der Waals surface area contributed by atoms with Gasteiger partial charge in [0.1, 0.15) is 0 Å². The van der Waals surface area contributed by atoms with Crippen LogP contribution in [-0.4, -0.2) is 29.9 Å². The Balaban J connectivity index is 2.44. The number of hydrogen-bond acceptors (Lipinski definition) is 2. The number of nitrogens with two attached hydrogens (primary N) is 1. The third-order valence-corrected chi connectivity index (χ3v) is 3.31. The van der Waals surface area contributed by atoms with Crippen LogP contribution in [0.2, 0.25) is 0 Å². The molecular weight excluding hydrogens is 188 g/mol. The Morgan fingerprint density at radius 3 is 2.33 bits per heavy atom. The molecular formula is C12H24N2O. The van der Waals surface area contributed by atoms with Crippen LogP contribution in [0, 0.1) is 5.92 Å². The Kier molecular flexibility index (Phi) is 5.09. The van der Waals surface area contributed by atoms with E-state index in [0.29, 0.717) is 11.9 Å². The SMILES string of the molecule is CCCN(CC)C(=O)C1CCC(N)CC1. The lowest BCUT2D eigenvalue weighted by Crippen LogP contribution is -2.39. The van der Waals surface area contributed by atoms with E-state index in [0.717, 1.165) is 45.2 Å². The highest BCUT2D eigenvalue weighted by Gasteiger charge is 2.27. The summed E-state index contributed by atoms with van der Waals surface area (Å²) < 4.78 is 0. The summed E-state index contributed by atoms with van der Waals surface area (Å²) in [4.78, 5) is 14.1. The summed E-state index contributed by atoms with van der Waals surface area (Å²) in [5.74, 6) is 0.600. The third kappa shape index (κ3) is 3.49. The predicted octanol–water partition coefficient (Wildman–Crippen LogP) is 1.76. The van der Waals surface area contributed by atoms with Crippen LogP contribution in [0.4, 0.5) is 0 Å². The van der Waals surface area contributed by atoms with Gasteiger partial charge in [-0.1, -0.05) is 6.92 Å². The Morgan fingerprint density at radius 1 is 1.27 bits per heavy atom. The molecule has 0 spiro atoms. The molecule has 1 aliphatic carbocycles. The van der Waals surface area contributed by atoms with Gasteiger partial charge in [0.2, 0.25) is 5.91 Å². The number of carbonyl (C=O) groups is 1. The molecule has 0 aromatic heterocycles. The van der Waals surface area contributed by atoms with Crippen molar-refractivity contribution in [3.05, 3.63) is 0 Å². The average Bonchev–Trinajstić information content (AvgIpc) is 2.26. The van der Waals surface area contributed by atoms with Gasteiger partial charge < -0.3 is 10.6 Å². The first kappa shape index (κ1) is 12.5. The van der Waals surface area contributed by atoms with Crippen LogP contribution in [0.1, 0.15) is 46.0 Å². The number of rotatable bonds is 4. The zero-order valence-corrected chi connectivity index (χ0v) is 10.0. The number of nitrogens with zero attached hydrogens (tertiary/aromatic N) is 1. The monoisotopic (exact) mass is 212 g/mol. The van der Waals surface area contributed by atoms with Crippen LogP contribution in [0.5, 0.6) is 0 Å². The lowest BCUT2D eigenvalue weighted by Gasteiger charge is -2.30. The van der Waals surface area contributed by atoms with Crippen molar-refractivity contribution in [3.8, 4) is 0 Å². The molecule has 3 nitrogen and oxygen atoms in total. The highest BCUT2D eigenvalue weighted by atomic mass is 16.2. The molecule has 0 aromatic carbocycles. The first-order valence-corrected chi connectivity index (χ1v) is 6.23. The molecule has 1 saturated carbocycles. The standard InChI is InChI=1S/C12H24N2O/c1-3-9-14(4-2)12(15)10-5-7-11(13)8-6-10/h10-11H,3-9,13H2,1-2H3. The summed E-state index contributed by atoms with van der Waals surface area (Å²) in [5.41, 5.74) is 5.84. The van der Waals surface area contributed by atoms with Crippen LogP contribution < -0.4 is 5.73 Å². The molecule has 0 radical (unpaired) electrons. The van der Waals surface area contributed by atoms with Crippen molar-refractivity contribution in [3.63, 3.8) is 0 Å². The number of hydrogen-bond donors (Lipinski definition) is 1. The van der Waals surface area contributed by atoms with E-state index in [9.17, 15) is 4.79 Å². The van der Waals surface area contributed by atoms with E-state index < -0.39 is 0 Å². The Hall–Kier alpha value is -0.570. The maximum Gasteiger partial charge on any atom is 0.225 e. The van der Waals surface area contributed by atoms with E-state index in [1.807, 2.05) is 4.90 Å². The Labute approximate surface area is 93.0 Å². The van der Waals surface area contributed by atoms with Crippen molar-refractivity contribution in [1.29, 1.82) is 0 Å². The summed E-state index contributed by atoms with van der Waals surface area (Å²) in [6.45, 7) is 5.92. The zero-order valence-electron chi connectivity index (χ0n) is 10.0. The van der Waals surface area contributed by atoms with E-state index in [4.69, 9.17) is 5.73 Å². The lowest BCUT2D eigenvalue weighted by atomic mass is 9.85. The maximum atomic E-state index is 12.1. The molecule has 2 N–H and O–H groups in total. The van der Waals surface area contributed by atoms with Gasteiger partial charge in [-0.3, -0.25) is 4.79 Å². The summed E-state index contributed by atoms with van der Waals surface area (Å²) >= 11 is 0. The van der Waals surface area contributed by atoms with E-state index in [1.54, 1.807) is 0 Å². The van der Waals surface area contributed by atoms with Crippen molar-refractivity contribution in [2.24, 2.45) is 11.7 Å². The van der Waals surface area contributed by atoms with Crippen LogP contribution >= 0.6 is 0 Å². The predicted molar refractivity (Wildman–Crippen MR) is 62.5 cm³/mol. The van der Waals surface area contributed by atoms with Gasteiger partial charge in [0.05, 0.1) is 0 Å². The summed E-state index contributed by atoms with van der Waals surface area (Å²) in [5, 5.41) is 0. The van der Waals surface area contributed by atoms with Crippen molar-refractivity contribution in [2.75, 3.05) is 13.1 Å². The van der Waals surface area contributed by atoms with Crippen LogP contribution in [0.3, 0.4) is 0 Å². The molecule has 0 unspecified atom stereocenters. The topological polar surface area (TPSA) is 46.3 Å². The van der Waals surface area contributed by atoms with Crippen molar-refractivity contribution >= 4 is 5.91 Å². The minimum atomic E-state index is 0.247. The van der Waals surface area contributed by atoms with Crippen molar-refractivity contribution in [1.82, 2.24) is 4.90 Å². The maximum absolute atomic E-state index is 12.1. The number of carbonyl (C=O) groups excluding carboxylic acids is 1. The van der Waals surface area contributed by atoms with Gasteiger partial charge in [0.15, 0.2) is 0 Å². The largest absolute Gasteiger partial charge is 0.343 e. The Morgan fingerprint density at radius 2 is 1.87 bits per heavy atom. The van der Waals surface area contributed by atoms with Gasteiger partial charge in [0.25, 0.3) is 0 Å². The fourth-order valence-electron chi connectivity index (χ4n) is 2.32. The molecule has 1 fully saturated rings. The fraction of sp³-hybridized carbons (Fsp3) is 0.917. The highest BCUT2D eigenvalue weighted by molar-refractivity contribution is 5.78. The molecule has 3 heteroatoms. The van der Waals surface area contributed by atoms with Gasteiger partial charge in [-0.15, -0.1) is 0 Å². The van der Waals surface area contributed by atoms with E-state index in [1.165, 1.54) is 0 Å². The van der Waals surface area contributed by atoms with E-state index in [-0.39, 0.29) is 5.92 Å². The normalized spacial score (nSPS) is 26.3. The molecule has 0 aliphatic heterocycles. The summed E-state index contributed by atoms with van der Waals surface area (Å²) in [6, 6.07) is 0.329. The van der Waals surface area contributed by atoms with Gasteiger partial charge in [-0.05, 0) is 39.0 Å². The average molecular weight is 212 g/mol. The van der Waals surface area contributed by atoms with Gasteiger partial charge in [-0.25, -0.2) is 0 Å². The van der Waals surface area contributed by atoms with Crippen LogP contribution in [0.25, 0.3) is 0 Å². The molecule has 15 heavy (non-hydrogen) atoms. The second-order valence-corrected chi connectivity index (χ2v) is 4.53. The lowest BCUT2D eigenvalue weighted by molar-refractivity contribution is -0.136. The Bertz CT molecular complexity index is 198. The quantitative estimate of drug-likeness (QED) is 0.772. The molecule has 88 valence electrons. The molecule has 0 saturated heterocycles. The molecule has 0 heterocycles. The first-order chi connectivity index (χ1) is 7.19. The molecule has 1 rings (SSSR count). The minimum Gasteiger partial charge on any atom is -0.343 e. The fourth-order valence-corrected chi connectivity index (χ4v) is 2.32. The molecule has 1 aliphatic rings. The van der Waals surface area contributed by atoms with Gasteiger partial charge >= 0.3 is 0 Å². The van der Waals surface area contributed by atoms with E-state index in [2.05, 4.69) is 13.8 Å². The second kappa shape index (κ2) is 6.11. The molecule has 0 bridgehead atoms. The second-order valence-electron chi connectivity index (χ2n) is 4.53. The van der Waals surface area contributed by atoms with Crippen LogP contribution in [0.15, 0.2) is 0 Å². The van der Waals surface area contributed by atoms with Crippen molar-refractivity contribution in [2.45, 2.75) is 52.0 Å². The third-order valence-electron chi connectivity index (χ3n) is 3.31. The number of amides is 1. The summed E-state index contributed by atoms with van der Waals surface area (Å²) in [6.07, 6.45) is 5.05. The zero-order chi connectivity index (χ0) is 11.3. The summed E-state index contributed by atoms with van der Waals surface area (Å²) in [7, 11) is 0. The molecule has 1 amide bonds.